The van der Waals surface area contributed by atoms with Crippen molar-refractivity contribution in [1.82, 2.24) is 0 Å². The van der Waals surface area contributed by atoms with Gasteiger partial charge in [-0.2, -0.15) is 5.26 Å². The van der Waals surface area contributed by atoms with E-state index in [9.17, 15) is 0 Å². The van der Waals surface area contributed by atoms with Crippen molar-refractivity contribution in [2.75, 3.05) is 18.5 Å². The summed E-state index contributed by atoms with van der Waals surface area (Å²) in [4.78, 5) is 0. The fraction of sp³-hybridized carbons (Fsp3) is 0.417. The molecule has 1 N–H and O–H groups in total. The van der Waals surface area contributed by atoms with Crippen molar-refractivity contribution in [2.24, 2.45) is 0 Å². The Labute approximate surface area is 101 Å². The van der Waals surface area contributed by atoms with Crippen LogP contribution in [0, 0.1) is 11.3 Å². The Morgan fingerprint density at radius 2 is 2.19 bits per heavy atom. The minimum absolute atomic E-state index is 0.325. The quantitative estimate of drug-likeness (QED) is 0.858. The van der Waals surface area contributed by atoms with E-state index < -0.39 is 5.54 Å². The molecule has 0 bridgehead atoms. The summed E-state index contributed by atoms with van der Waals surface area (Å²) in [5, 5.41) is 12.8. The van der Waals surface area contributed by atoms with Crippen LogP contribution in [0.15, 0.2) is 24.3 Å². The lowest BCUT2D eigenvalue weighted by atomic mass is 10.1. The van der Waals surface area contributed by atoms with Crippen LogP contribution < -0.4 is 5.32 Å². The number of ether oxygens (including phenoxy) is 1. The normalized spacial score (nSPS) is 13.9. The van der Waals surface area contributed by atoms with Gasteiger partial charge in [-0.05, 0) is 26.0 Å². The Balaban J connectivity index is 2.78. The molecule has 0 fully saturated rings. The molecular weight excluding hydrogens is 224 g/mol. The van der Waals surface area contributed by atoms with E-state index >= 15 is 0 Å². The zero-order valence-electron chi connectivity index (χ0n) is 9.46. The summed E-state index contributed by atoms with van der Waals surface area (Å²) in [6.45, 7) is 4.59. The molecule has 0 heterocycles. The molecule has 0 aliphatic heterocycles. The second kappa shape index (κ2) is 5.74. The summed E-state index contributed by atoms with van der Waals surface area (Å²) in [6.07, 6.45) is 0. The molecule has 0 aromatic heterocycles. The predicted molar refractivity (Wildman–Crippen MR) is 65.6 cm³/mol. The molecule has 16 heavy (non-hydrogen) atoms. The molecule has 0 saturated carbocycles. The van der Waals surface area contributed by atoms with Crippen LogP contribution in [-0.4, -0.2) is 18.8 Å². The van der Waals surface area contributed by atoms with E-state index in [4.69, 9.17) is 21.6 Å². The molecule has 0 saturated heterocycles. The summed E-state index contributed by atoms with van der Waals surface area (Å²) in [5.74, 6) is 0. The van der Waals surface area contributed by atoms with Crippen molar-refractivity contribution in [2.45, 2.75) is 19.4 Å². The van der Waals surface area contributed by atoms with Gasteiger partial charge < -0.3 is 10.1 Å². The lowest BCUT2D eigenvalue weighted by molar-refractivity contribution is 0.125. The maximum absolute atomic E-state index is 9.13. The van der Waals surface area contributed by atoms with Gasteiger partial charge in [0.15, 0.2) is 0 Å². The minimum atomic E-state index is -0.763. The van der Waals surface area contributed by atoms with E-state index in [0.29, 0.717) is 18.2 Å². The van der Waals surface area contributed by atoms with Gasteiger partial charge >= 0.3 is 0 Å². The number of para-hydroxylation sites is 1. The van der Waals surface area contributed by atoms with Crippen molar-refractivity contribution in [1.29, 1.82) is 5.26 Å². The Hall–Kier alpha value is -1.24. The van der Waals surface area contributed by atoms with Gasteiger partial charge in [0, 0.05) is 6.61 Å². The Kier molecular flexibility index (Phi) is 4.60. The van der Waals surface area contributed by atoms with Gasteiger partial charge in [0.05, 0.1) is 23.4 Å². The van der Waals surface area contributed by atoms with E-state index in [0.717, 1.165) is 5.69 Å². The second-order valence-corrected chi connectivity index (χ2v) is 4.09. The van der Waals surface area contributed by atoms with E-state index in [-0.39, 0.29) is 0 Å². The smallest absolute Gasteiger partial charge is 0.146 e. The zero-order chi connectivity index (χ0) is 12.0. The maximum Gasteiger partial charge on any atom is 0.146 e. The summed E-state index contributed by atoms with van der Waals surface area (Å²) in [5.41, 5.74) is -0.0194. The number of benzene rings is 1. The van der Waals surface area contributed by atoms with E-state index in [1.165, 1.54) is 0 Å². The molecule has 0 spiro atoms. The largest absolute Gasteiger partial charge is 0.378 e. The molecule has 1 aromatic carbocycles. The minimum Gasteiger partial charge on any atom is -0.378 e. The SMILES string of the molecule is CCOCC(C)(C#N)Nc1ccccc1Cl. The molecule has 4 heteroatoms. The third-order valence-corrected chi connectivity index (χ3v) is 2.46. The molecule has 0 amide bonds. The van der Waals surface area contributed by atoms with Gasteiger partial charge in [0.25, 0.3) is 0 Å². The highest BCUT2D eigenvalue weighted by atomic mass is 35.5. The van der Waals surface area contributed by atoms with E-state index in [1.807, 2.05) is 25.1 Å². The first-order valence-electron chi connectivity index (χ1n) is 5.13. The first-order valence-corrected chi connectivity index (χ1v) is 5.51. The summed E-state index contributed by atoms with van der Waals surface area (Å²) < 4.78 is 5.27. The average Bonchev–Trinajstić information content (AvgIpc) is 2.30. The number of nitriles is 1. The lowest BCUT2D eigenvalue weighted by Crippen LogP contribution is -2.38. The van der Waals surface area contributed by atoms with Crippen LogP contribution in [0.1, 0.15) is 13.8 Å². The van der Waals surface area contributed by atoms with Crippen molar-refractivity contribution >= 4 is 17.3 Å². The summed E-state index contributed by atoms with van der Waals surface area (Å²) in [6, 6.07) is 9.53. The van der Waals surface area contributed by atoms with E-state index in [1.54, 1.807) is 13.0 Å². The Bertz CT molecular complexity index is 389. The highest BCUT2D eigenvalue weighted by Gasteiger charge is 2.24. The molecule has 86 valence electrons. The fourth-order valence-corrected chi connectivity index (χ4v) is 1.45. The molecule has 3 nitrogen and oxygen atoms in total. The Morgan fingerprint density at radius 3 is 2.75 bits per heavy atom. The first-order chi connectivity index (χ1) is 7.61. The number of hydrogen-bond acceptors (Lipinski definition) is 3. The van der Waals surface area contributed by atoms with Gasteiger partial charge in [-0.1, -0.05) is 23.7 Å². The summed E-state index contributed by atoms with van der Waals surface area (Å²) >= 11 is 6.01. The van der Waals surface area contributed by atoms with E-state index in [2.05, 4.69) is 11.4 Å². The van der Waals surface area contributed by atoms with Crippen molar-refractivity contribution in [3.8, 4) is 6.07 Å². The third-order valence-electron chi connectivity index (χ3n) is 2.13. The number of nitrogens with zero attached hydrogens (tertiary/aromatic N) is 1. The molecular formula is C12H15ClN2O. The van der Waals surface area contributed by atoms with Crippen molar-refractivity contribution in [3.63, 3.8) is 0 Å². The van der Waals surface area contributed by atoms with Crippen LogP contribution >= 0.6 is 11.6 Å². The van der Waals surface area contributed by atoms with Crippen LogP contribution in [0.3, 0.4) is 0 Å². The molecule has 0 radical (unpaired) electrons. The van der Waals surface area contributed by atoms with Crippen molar-refractivity contribution < 1.29 is 4.74 Å². The molecule has 1 aromatic rings. The average molecular weight is 239 g/mol. The van der Waals surface area contributed by atoms with Crippen LogP contribution in [0.2, 0.25) is 5.02 Å². The summed E-state index contributed by atoms with van der Waals surface area (Å²) in [7, 11) is 0. The number of rotatable bonds is 5. The highest BCUT2D eigenvalue weighted by Crippen LogP contribution is 2.24. The fourth-order valence-electron chi connectivity index (χ4n) is 1.26. The van der Waals surface area contributed by atoms with Gasteiger partial charge in [0.2, 0.25) is 0 Å². The van der Waals surface area contributed by atoms with Crippen LogP contribution in [-0.2, 0) is 4.74 Å². The zero-order valence-corrected chi connectivity index (χ0v) is 10.2. The van der Waals surface area contributed by atoms with Gasteiger partial charge in [-0.25, -0.2) is 0 Å². The highest BCUT2D eigenvalue weighted by molar-refractivity contribution is 6.33. The standard InChI is InChI=1S/C12H15ClN2O/c1-3-16-9-12(2,8-14)15-11-7-5-4-6-10(11)13/h4-7,15H,3,9H2,1-2H3. The maximum atomic E-state index is 9.13. The monoisotopic (exact) mass is 238 g/mol. The van der Waals surface area contributed by atoms with Gasteiger partial charge in [-0.15, -0.1) is 0 Å². The molecule has 0 aliphatic carbocycles. The topological polar surface area (TPSA) is 45.0 Å². The van der Waals surface area contributed by atoms with Gasteiger partial charge in [-0.3, -0.25) is 0 Å². The van der Waals surface area contributed by atoms with Crippen LogP contribution in [0.25, 0.3) is 0 Å². The Morgan fingerprint density at radius 1 is 1.50 bits per heavy atom. The molecule has 1 unspecified atom stereocenters. The number of halogens is 1. The van der Waals surface area contributed by atoms with Gasteiger partial charge in [0.1, 0.15) is 5.54 Å². The second-order valence-electron chi connectivity index (χ2n) is 3.69. The van der Waals surface area contributed by atoms with Crippen molar-refractivity contribution in [3.05, 3.63) is 29.3 Å². The number of nitrogens with one attached hydrogen (secondary N) is 1. The molecule has 1 atom stereocenters. The molecule has 0 aliphatic rings. The molecule has 1 rings (SSSR count). The number of anilines is 1. The number of hydrogen-bond donors (Lipinski definition) is 1. The predicted octanol–water partition coefficient (Wildman–Crippen LogP) is 3.07. The van der Waals surface area contributed by atoms with Crippen LogP contribution in [0.5, 0.6) is 0 Å². The first kappa shape index (κ1) is 12.8. The third kappa shape index (κ3) is 3.41. The van der Waals surface area contributed by atoms with Crippen LogP contribution in [0.4, 0.5) is 5.69 Å². The lowest BCUT2D eigenvalue weighted by Gasteiger charge is -2.24.